The lowest BCUT2D eigenvalue weighted by atomic mass is 9.92. The summed E-state index contributed by atoms with van der Waals surface area (Å²) in [5.41, 5.74) is 7.51. The Morgan fingerprint density at radius 3 is 3.05 bits per heavy atom. The number of nitrogens with zero attached hydrogens (tertiary/aromatic N) is 1. The van der Waals surface area contributed by atoms with E-state index >= 15 is 0 Å². The Morgan fingerprint density at radius 1 is 1.48 bits per heavy atom. The van der Waals surface area contributed by atoms with Gasteiger partial charge in [-0.15, -0.1) is 0 Å². The largest absolute Gasteiger partial charge is 0.355 e. The number of amides is 1. The third-order valence-corrected chi connectivity index (χ3v) is 4.81. The highest BCUT2D eigenvalue weighted by molar-refractivity contribution is 5.78. The number of allylic oxidation sites excluding steroid dienone is 1. The number of hydrogen-bond acceptors (Lipinski definition) is 3. The van der Waals surface area contributed by atoms with Crippen LogP contribution in [-0.4, -0.2) is 43.0 Å². The van der Waals surface area contributed by atoms with Crippen molar-refractivity contribution in [2.24, 2.45) is 11.7 Å². The maximum Gasteiger partial charge on any atom is 0.234 e. The highest BCUT2D eigenvalue weighted by Gasteiger charge is 2.23. The van der Waals surface area contributed by atoms with Crippen LogP contribution in [0.4, 0.5) is 0 Å². The molecule has 2 aliphatic rings. The first-order chi connectivity index (χ1) is 10.1. The van der Waals surface area contributed by atoms with E-state index in [2.05, 4.69) is 23.2 Å². The molecule has 1 saturated heterocycles. The van der Waals surface area contributed by atoms with Gasteiger partial charge in [0.2, 0.25) is 5.91 Å². The first-order valence-corrected chi connectivity index (χ1v) is 8.57. The molecule has 120 valence electrons. The quantitative estimate of drug-likeness (QED) is 0.737. The number of carbonyl (C=O) groups is 1. The molecule has 4 nitrogen and oxygen atoms in total. The smallest absolute Gasteiger partial charge is 0.234 e. The van der Waals surface area contributed by atoms with Gasteiger partial charge in [0, 0.05) is 19.1 Å². The van der Waals surface area contributed by atoms with Crippen molar-refractivity contribution in [3.8, 4) is 0 Å². The van der Waals surface area contributed by atoms with E-state index in [1.807, 2.05) is 0 Å². The van der Waals surface area contributed by atoms with Crippen molar-refractivity contribution in [2.75, 3.05) is 26.2 Å². The molecule has 0 bridgehead atoms. The molecule has 0 radical (unpaired) electrons. The maximum absolute atomic E-state index is 12.0. The van der Waals surface area contributed by atoms with E-state index in [-0.39, 0.29) is 11.9 Å². The summed E-state index contributed by atoms with van der Waals surface area (Å²) in [7, 11) is 0. The summed E-state index contributed by atoms with van der Waals surface area (Å²) in [6.07, 6.45) is 10.8. The minimum absolute atomic E-state index is 0.164. The summed E-state index contributed by atoms with van der Waals surface area (Å²) in [5.74, 6) is 0.704. The Hall–Kier alpha value is -0.870. The first-order valence-electron chi connectivity index (χ1n) is 8.57. The van der Waals surface area contributed by atoms with Crippen molar-refractivity contribution < 1.29 is 4.79 Å². The van der Waals surface area contributed by atoms with Crippen molar-refractivity contribution in [1.82, 2.24) is 10.2 Å². The zero-order valence-electron chi connectivity index (χ0n) is 13.4. The van der Waals surface area contributed by atoms with Crippen LogP contribution in [0.15, 0.2) is 11.6 Å². The van der Waals surface area contributed by atoms with Crippen LogP contribution in [0.2, 0.25) is 0 Å². The van der Waals surface area contributed by atoms with Crippen molar-refractivity contribution in [1.29, 1.82) is 0 Å². The normalized spacial score (nSPS) is 25.2. The SMILES string of the molecule is CC(N)C1CCCN(CC(=O)NCCC2=CCCCC2)C1. The maximum atomic E-state index is 12.0. The van der Waals surface area contributed by atoms with Crippen LogP contribution in [0, 0.1) is 5.92 Å². The van der Waals surface area contributed by atoms with Gasteiger partial charge in [-0.2, -0.15) is 0 Å². The van der Waals surface area contributed by atoms with Crippen LogP contribution < -0.4 is 11.1 Å². The summed E-state index contributed by atoms with van der Waals surface area (Å²) < 4.78 is 0. The van der Waals surface area contributed by atoms with E-state index in [1.54, 1.807) is 0 Å². The average molecular weight is 293 g/mol. The zero-order valence-corrected chi connectivity index (χ0v) is 13.4. The highest BCUT2D eigenvalue weighted by Crippen LogP contribution is 2.20. The van der Waals surface area contributed by atoms with Gasteiger partial charge in [-0.3, -0.25) is 9.69 Å². The molecule has 0 saturated carbocycles. The van der Waals surface area contributed by atoms with E-state index in [1.165, 1.54) is 37.7 Å². The lowest BCUT2D eigenvalue weighted by molar-refractivity contribution is -0.122. The molecule has 1 heterocycles. The van der Waals surface area contributed by atoms with Crippen LogP contribution in [-0.2, 0) is 4.79 Å². The minimum Gasteiger partial charge on any atom is -0.355 e. The molecule has 21 heavy (non-hydrogen) atoms. The summed E-state index contributed by atoms with van der Waals surface area (Å²) in [5, 5.41) is 3.07. The van der Waals surface area contributed by atoms with Gasteiger partial charge in [0.05, 0.1) is 6.54 Å². The number of nitrogens with one attached hydrogen (secondary N) is 1. The van der Waals surface area contributed by atoms with Crippen molar-refractivity contribution >= 4 is 5.91 Å². The molecule has 2 rings (SSSR count). The van der Waals surface area contributed by atoms with Gasteiger partial charge in [0.25, 0.3) is 0 Å². The predicted octanol–water partition coefficient (Wildman–Crippen LogP) is 2.05. The number of carbonyl (C=O) groups excluding carboxylic acids is 1. The van der Waals surface area contributed by atoms with Crippen LogP contribution in [0.1, 0.15) is 51.9 Å². The lowest BCUT2D eigenvalue weighted by Gasteiger charge is -2.34. The molecular formula is C17H31N3O. The lowest BCUT2D eigenvalue weighted by Crippen LogP contribution is -2.46. The molecule has 2 unspecified atom stereocenters. The fourth-order valence-electron chi connectivity index (χ4n) is 3.42. The molecule has 0 aromatic carbocycles. The second-order valence-electron chi connectivity index (χ2n) is 6.70. The van der Waals surface area contributed by atoms with Crippen LogP contribution in [0.25, 0.3) is 0 Å². The third kappa shape index (κ3) is 5.79. The van der Waals surface area contributed by atoms with Crippen LogP contribution >= 0.6 is 0 Å². The second-order valence-corrected chi connectivity index (χ2v) is 6.70. The van der Waals surface area contributed by atoms with Gasteiger partial charge in [-0.05, 0) is 64.3 Å². The molecule has 1 aliphatic carbocycles. The zero-order chi connectivity index (χ0) is 15.1. The van der Waals surface area contributed by atoms with Gasteiger partial charge < -0.3 is 11.1 Å². The van der Waals surface area contributed by atoms with Gasteiger partial charge in [0.1, 0.15) is 0 Å². The molecule has 2 atom stereocenters. The van der Waals surface area contributed by atoms with Gasteiger partial charge >= 0.3 is 0 Å². The predicted molar refractivity (Wildman–Crippen MR) is 87.0 cm³/mol. The fourth-order valence-corrected chi connectivity index (χ4v) is 3.42. The standard InChI is InChI=1S/C17H31N3O/c1-14(18)16-8-5-11-20(12-16)13-17(21)19-10-9-15-6-3-2-4-7-15/h6,14,16H,2-5,7-13,18H2,1H3,(H,19,21). The molecular weight excluding hydrogens is 262 g/mol. The van der Waals surface area contributed by atoms with E-state index in [9.17, 15) is 4.79 Å². The number of rotatable bonds is 6. The van der Waals surface area contributed by atoms with Crippen LogP contribution in [0.3, 0.4) is 0 Å². The molecule has 1 amide bonds. The van der Waals surface area contributed by atoms with Crippen molar-refractivity contribution in [3.63, 3.8) is 0 Å². The Labute approximate surface area is 129 Å². The molecule has 0 aromatic rings. The van der Waals surface area contributed by atoms with E-state index in [4.69, 9.17) is 5.73 Å². The fraction of sp³-hybridized carbons (Fsp3) is 0.824. The molecule has 1 fully saturated rings. The second kappa shape index (κ2) is 8.54. The molecule has 4 heteroatoms. The van der Waals surface area contributed by atoms with Crippen LogP contribution in [0.5, 0.6) is 0 Å². The number of nitrogens with two attached hydrogens (primary N) is 1. The van der Waals surface area contributed by atoms with E-state index in [0.29, 0.717) is 12.5 Å². The first kappa shape index (κ1) is 16.5. The summed E-state index contributed by atoms with van der Waals surface area (Å²) in [4.78, 5) is 14.3. The number of likely N-dealkylation sites (tertiary alicyclic amines) is 1. The Bertz CT molecular complexity index is 365. The van der Waals surface area contributed by atoms with E-state index < -0.39 is 0 Å². The summed E-state index contributed by atoms with van der Waals surface area (Å²) in [6, 6.07) is 0.231. The van der Waals surface area contributed by atoms with E-state index in [0.717, 1.165) is 32.5 Å². The number of hydrogen-bond donors (Lipinski definition) is 2. The Kier molecular flexibility index (Phi) is 6.71. The molecule has 1 aliphatic heterocycles. The third-order valence-electron chi connectivity index (χ3n) is 4.81. The average Bonchev–Trinajstić information content (AvgIpc) is 2.48. The molecule has 3 N–H and O–H groups in total. The Morgan fingerprint density at radius 2 is 2.33 bits per heavy atom. The topological polar surface area (TPSA) is 58.4 Å². The molecule has 0 aromatic heterocycles. The Balaban J connectivity index is 1.63. The van der Waals surface area contributed by atoms with Crippen molar-refractivity contribution in [2.45, 2.75) is 57.9 Å². The van der Waals surface area contributed by atoms with Crippen molar-refractivity contribution in [3.05, 3.63) is 11.6 Å². The summed E-state index contributed by atoms with van der Waals surface area (Å²) in [6.45, 7) is 5.39. The van der Waals surface area contributed by atoms with Gasteiger partial charge in [-0.25, -0.2) is 0 Å². The minimum atomic E-state index is 0.164. The number of piperidine rings is 1. The summed E-state index contributed by atoms with van der Waals surface area (Å²) >= 11 is 0. The molecule has 0 spiro atoms. The monoisotopic (exact) mass is 293 g/mol. The highest BCUT2D eigenvalue weighted by atomic mass is 16.2. The van der Waals surface area contributed by atoms with Gasteiger partial charge in [-0.1, -0.05) is 11.6 Å². The van der Waals surface area contributed by atoms with Gasteiger partial charge in [0.15, 0.2) is 0 Å².